The Morgan fingerprint density at radius 2 is 1.85 bits per heavy atom. The molecule has 0 amide bonds. The molecule has 2 heterocycles. The van der Waals surface area contributed by atoms with Gasteiger partial charge in [0.25, 0.3) is 0 Å². The first kappa shape index (κ1) is 16.3. The molecule has 0 bridgehead atoms. The summed E-state index contributed by atoms with van der Waals surface area (Å²) in [5.41, 5.74) is 0.398. The maximum atomic E-state index is 6.11. The first-order valence-corrected chi connectivity index (χ1v) is 8.53. The highest BCUT2D eigenvalue weighted by Crippen LogP contribution is 2.28. The van der Waals surface area contributed by atoms with Crippen molar-refractivity contribution in [3.63, 3.8) is 0 Å². The molecule has 2 aliphatic rings. The van der Waals surface area contributed by atoms with Gasteiger partial charge in [0.2, 0.25) is 0 Å². The number of quaternary nitrogens is 1. The van der Waals surface area contributed by atoms with Crippen LogP contribution in [0.15, 0.2) is 0 Å². The number of rotatable bonds is 5. The molecule has 2 saturated heterocycles. The van der Waals surface area contributed by atoms with E-state index in [-0.39, 0.29) is 6.29 Å². The lowest BCUT2D eigenvalue weighted by molar-refractivity contribution is -0.907. The molecule has 0 spiro atoms. The fraction of sp³-hybridized carbons (Fsp3) is 1.00. The molecule has 20 heavy (non-hydrogen) atoms. The van der Waals surface area contributed by atoms with E-state index in [1.807, 2.05) is 0 Å². The third kappa shape index (κ3) is 5.71. The Labute approximate surface area is 125 Å². The van der Waals surface area contributed by atoms with Crippen LogP contribution in [0.3, 0.4) is 0 Å². The summed E-state index contributed by atoms with van der Waals surface area (Å²) < 4.78 is 12.0. The number of hydrogen-bond acceptors (Lipinski definition) is 2. The van der Waals surface area contributed by atoms with Crippen molar-refractivity contribution in [3.05, 3.63) is 0 Å². The quantitative estimate of drug-likeness (QED) is 0.837. The van der Waals surface area contributed by atoms with Crippen molar-refractivity contribution in [3.8, 4) is 0 Å². The predicted molar refractivity (Wildman–Crippen MR) is 81.9 cm³/mol. The Balaban J connectivity index is 1.66. The van der Waals surface area contributed by atoms with Crippen molar-refractivity contribution < 1.29 is 14.4 Å². The van der Waals surface area contributed by atoms with E-state index in [2.05, 4.69) is 27.7 Å². The van der Waals surface area contributed by atoms with Crippen LogP contribution < -0.4 is 4.90 Å². The molecule has 0 radical (unpaired) electrons. The first-order chi connectivity index (χ1) is 9.42. The second-order valence-electron chi connectivity index (χ2n) is 8.14. The second-order valence-corrected chi connectivity index (χ2v) is 8.14. The molecule has 1 N–H and O–H groups in total. The molecular weight excluding hydrogens is 250 g/mol. The molecular formula is C17H34NO2+. The lowest BCUT2D eigenvalue weighted by Crippen LogP contribution is -3.13. The Bertz CT molecular complexity index is 281. The summed E-state index contributed by atoms with van der Waals surface area (Å²) in [4.78, 5) is 1.72. The van der Waals surface area contributed by atoms with Gasteiger partial charge in [-0.05, 0) is 37.0 Å². The van der Waals surface area contributed by atoms with Gasteiger partial charge in [-0.15, -0.1) is 0 Å². The van der Waals surface area contributed by atoms with Crippen LogP contribution in [0.1, 0.15) is 59.8 Å². The summed E-state index contributed by atoms with van der Waals surface area (Å²) in [6, 6.07) is 0. The van der Waals surface area contributed by atoms with E-state index in [0.717, 1.165) is 19.6 Å². The van der Waals surface area contributed by atoms with Gasteiger partial charge in [0.05, 0.1) is 19.7 Å². The summed E-state index contributed by atoms with van der Waals surface area (Å²) in [7, 11) is 0. The summed E-state index contributed by atoms with van der Waals surface area (Å²) in [6.07, 6.45) is 6.83. The zero-order valence-electron chi connectivity index (χ0n) is 13.9. The van der Waals surface area contributed by atoms with Crippen molar-refractivity contribution in [1.82, 2.24) is 0 Å². The maximum absolute atomic E-state index is 6.11. The second kappa shape index (κ2) is 7.24. The number of hydrogen-bond donors (Lipinski definition) is 1. The molecule has 0 aromatic heterocycles. The zero-order chi connectivity index (χ0) is 14.6. The van der Waals surface area contributed by atoms with Gasteiger partial charge in [-0.1, -0.05) is 27.7 Å². The van der Waals surface area contributed by atoms with Gasteiger partial charge in [0.1, 0.15) is 12.6 Å². The van der Waals surface area contributed by atoms with E-state index >= 15 is 0 Å². The van der Waals surface area contributed by atoms with Gasteiger partial charge in [0.15, 0.2) is 6.29 Å². The predicted octanol–water partition coefficient (Wildman–Crippen LogP) is 2.26. The minimum absolute atomic E-state index is 0.0431. The highest BCUT2D eigenvalue weighted by Gasteiger charge is 2.31. The minimum Gasteiger partial charge on any atom is -0.350 e. The van der Waals surface area contributed by atoms with Gasteiger partial charge in [-0.25, -0.2) is 0 Å². The van der Waals surface area contributed by atoms with Crippen LogP contribution >= 0.6 is 0 Å². The van der Waals surface area contributed by atoms with Crippen LogP contribution in [-0.4, -0.2) is 38.6 Å². The zero-order valence-corrected chi connectivity index (χ0v) is 13.9. The lowest BCUT2D eigenvalue weighted by Gasteiger charge is -2.26. The molecule has 0 aromatic carbocycles. The standard InChI is InChI=1S/C17H33NO2/c1-14(11-17(2,3)4)10-16-19-13-15(20-16)12-18-8-6-5-7-9-18/h14-16H,5-13H2,1-4H3/p+1/t14-,15-,16-/m0/s1. The Hall–Kier alpha value is -0.120. The van der Waals surface area contributed by atoms with Gasteiger partial charge in [-0.3, -0.25) is 0 Å². The Morgan fingerprint density at radius 1 is 1.15 bits per heavy atom. The number of nitrogens with one attached hydrogen (secondary N) is 1. The van der Waals surface area contributed by atoms with E-state index in [1.54, 1.807) is 4.90 Å². The number of ether oxygens (including phenoxy) is 2. The third-order valence-corrected chi connectivity index (χ3v) is 4.44. The molecule has 0 aromatic rings. The van der Waals surface area contributed by atoms with Crippen LogP contribution in [0.25, 0.3) is 0 Å². The normalized spacial score (nSPS) is 30.6. The van der Waals surface area contributed by atoms with E-state index in [9.17, 15) is 0 Å². The summed E-state index contributed by atoms with van der Waals surface area (Å²) in [5, 5.41) is 0. The van der Waals surface area contributed by atoms with Gasteiger partial charge in [0, 0.05) is 6.42 Å². The topological polar surface area (TPSA) is 22.9 Å². The van der Waals surface area contributed by atoms with Crippen molar-refractivity contribution in [2.45, 2.75) is 72.2 Å². The summed E-state index contributed by atoms with van der Waals surface area (Å²) >= 11 is 0. The van der Waals surface area contributed by atoms with E-state index in [4.69, 9.17) is 9.47 Å². The largest absolute Gasteiger partial charge is 0.350 e. The molecule has 2 aliphatic heterocycles. The van der Waals surface area contributed by atoms with Crippen molar-refractivity contribution >= 4 is 0 Å². The first-order valence-electron chi connectivity index (χ1n) is 8.53. The third-order valence-electron chi connectivity index (χ3n) is 4.44. The lowest BCUT2D eigenvalue weighted by atomic mass is 9.84. The highest BCUT2D eigenvalue weighted by molar-refractivity contribution is 4.71. The summed E-state index contributed by atoms with van der Waals surface area (Å²) in [5.74, 6) is 0.668. The van der Waals surface area contributed by atoms with E-state index in [0.29, 0.717) is 17.4 Å². The van der Waals surface area contributed by atoms with Gasteiger partial charge >= 0.3 is 0 Å². The minimum atomic E-state index is 0.0431. The van der Waals surface area contributed by atoms with Gasteiger partial charge < -0.3 is 14.4 Å². The summed E-state index contributed by atoms with van der Waals surface area (Å²) in [6.45, 7) is 13.8. The highest BCUT2D eigenvalue weighted by atomic mass is 16.7. The number of likely N-dealkylation sites (tertiary alicyclic amines) is 1. The Kier molecular flexibility index (Phi) is 5.88. The maximum Gasteiger partial charge on any atom is 0.158 e. The molecule has 3 atom stereocenters. The molecule has 2 rings (SSSR count). The van der Waals surface area contributed by atoms with E-state index in [1.165, 1.54) is 38.8 Å². The Morgan fingerprint density at radius 3 is 2.50 bits per heavy atom. The van der Waals surface area contributed by atoms with Crippen LogP contribution in [-0.2, 0) is 9.47 Å². The van der Waals surface area contributed by atoms with Crippen LogP contribution in [0, 0.1) is 11.3 Å². The van der Waals surface area contributed by atoms with Crippen molar-refractivity contribution in [2.24, 2.45) is 11.3 Å². The fourth-order valence-electron chi connectivity index (χ4n) is 3.77. The molecule has 3 heteroatoms. The molecule has 0 saturated carbocycles. The molecule has 118 valence electrons. The molecule has 0 aliphatic carbocycles. The average Bonchev–Trinajstić information content (AvgIpc) is 2.75. The molecule has 3 nitrogen and oxygen atoms in total. The fourth-order valence-corrected chi connectivity index (χ4v) is 3.77. The van der Waals surface area contributed by atoms with Crippen molar-refractivity contribution in [2.75, 3.05) is 26.2 Å². The smallest absolute Gasteiger partial charge is 0.158 e. The van der Waals surface area contributed by atoms with Crippen LogP contribution in [0.2, 0.25) is 0 Å². The van der Waals surface area contributed by atoms with Crippen molar-refractivity contribution in [1.29, 1.82) is 0 Å². The number of piperidine rings is 1. The SMILES string of the molecule is C[C@@H](C[C@H]1OC[C@H](C[NH+]2CCCCC2)O1)CC(C)(C)C. The van der Waals surface area contributed by atoms with E-state index < -0.39 is 0 Å². The van der Waals surface area contributed by atoms with Crippen LogP contribution in [0.4, 0.5) is 0 Å². The molecule has 0 unspecified atom stereocenters. The molecule has 2 fully saturated rings. The average molecular weight is 284 g/mol. The van der Waals surface area contributed by atoms with Crippen LogP contribution in [0.5, 0.6) is 0 Å². The monoisotopic (exact) mass is 284 g/mol. The van der Waals surface area contributed by atoms with Gasteiger partial charge in [-0.2, -0.15) is 0 Å².